The van der Waals surface area contributed by atoms with Gasteiger partial charge in [0, 0.05) is 18.9 Å². The fraction of sp³-hybridized carbons (Fsp3) is 0.179. The van der Waals surface area contributed by atoms with Crippen molar-refractivity contribution in [2.24, 2.45) is 5.73 Å². The number of amides is 2. The predicted molar refractivity (Wildman–Crippen MR) is 154 cm³/mol. The van der Waals surface area contributed by atoms with Gasteiger partial charge in [0.2, 0.25) is 5.95 Å². The topological polar surface area (TPSA) is 131 Å². The summed E-state index contributed by atoms with van der Waals surface area (Å²) in [7, 11) is -0.378. The van der Waals surface area contributed by atoms with Crippen molar-refractivity contribution in [3.63, 3.8) is 0 Å². The second kappa shape index (κ2) is 12.1. The summed E-state index contributed by atoms with van der Waals surface area (Å²) in [6, 6.07) is 12.4. The average Bonchev–Trinajstić information content (AvgIpc) is 2.97. The summed E-state index contributed by atoms with van der Waals surface area (Å²) in [5.41, 5.74) is 4.52. The van der Waals surface area contributed by atoms with Gasteiger partial charge in [-0.2, -0.15) is 18.2 Å². The lowest BCUT2D eigenvalue weighted by atomic mass is 10.1. The van der Waals surface area contributed by atoms with Crippen LogP contribution in [0.15, 0.2) is 77.8 Å². The number of rotatable bonds is 9. The first-order valence-electron chi connectivity index (χ1n) is 12.6. The van der Waals surface area contributed by atoms with E-state index in [0.717, 1.165) is 0 Å². The van der Waals surface area contributed by atoms with Gasteiger partial charge in [-0.25, -0.2) is 22.6 Å². The number of aromatic nitrogens is 2. The van der Waals surface area contributed by atoms with Crippen molar-refractivity contribution in [1.29, 1.82) is 0 Å². The number of carbonyl (C=O) groups is 1. The maximum atomic E-state index is 14.5. The van der Waals surface area contributed by atoms with Gasteiger partial charge in [0.05, 0.1) is 40.4 Å². The van der Waals surface area contributed by atoms with Gasteiger partial charge in [0.25, 0.3) is 0 Å². The highest BCUT2D eigenvalue weighted by molar-refractivity contribution is 7.91. The van der Waals surface area contributed by atoms with Gasteiger partial charge in [0.15, 0.2) is 9.84 Å². The van der Waals surface area contributed by atoms with Crippen molar-refractivity contribution < 1.29 is 35.5 Å². The Hall–Kier alpha value is -4.92. The Balaban J connectivity index is 1.61. The Bertz CT molecular complexity index is 1750. The fourth-order valence-electron chi connectivity index (χ4n) is 4.06. The van der Waals surface area contributed by atoms with E-state index in [9.17, 15) is 30.8 Å². The molecule has 226 valence electrons. The monoisotopic (exact) mass is 618 g/mol. The van der Waals surface area contributed by atoms with Crippen molar-refractivity contribution in [1.82, 2.24) is 9.97 Å². The van der Waals surface area contributed by atoms with Crippen LogP contribution in [0.5, 0.6) is 5.75 Å². The van der Waals surface area contributed by atoms with Crippen LogP contribution in [0, 0.1) is 5.82 Å². The van der Waals surface area contributed by atoms with E-state index >= 15 is 0 Å². The number of nitrogens with two attached hydrogens (primary N) is 1. The highest BCUT2D eigenvalue weighted by Gasteiger charge is 2.32. The quantitative estimate of drug-likeness (QED) is 0.213. The van der Waals surface area contributed by atoms with Crippen LogP contribution < -0.4 is 25.6 Å². The summed E-state index contributed by atoms with van der Waals surface area (Å²) in [6.07, 6.45) is -3.29. The lowest BCUT2D eigenvalue weighted by Crippen LogP contribution is -2.32. The first-order chi connectivity index (χ1) is 20.2. The molecule has 0 atom stereocenters. The van der Waals surface area contributed by atoms with Crippen molar-refractivity contribution >= 4 is 50.4 Å². The molecule has 3 N–H and O–H groups in total. The van der Waals surface area contributed by atoms with Gasteiger partial charge in [-0.3, -0.25) is 4.90 Å². The van der Waals surface area contributed by atoms with E-state index < -0.39 is 39.1 Å². The molecule has 0 spiro atoms. The molecule has 4 aromatic rings. The molecule has 1 aromatic heterocycles. The smallest absolute Gasteiger partial charge is 0.416 e. The number of ether oxygens (including phenoxy) is 1. The number of methoxy groups -OCH3 is 1. The molecule has 0 saturated carbocycles. The summed E-state index contributed by atoms with van der Waals surface area (Å²) in [5.74, 6) is -0.254. The molecule has 0 unspecified atom stereocenters. The van der Waals surface area contributed by atoms with Crippen LogP contribution in [0.2, 0.25) is 0 Å². The molecule has 43 heavy (non-hydrogen) atoms. The molecule has 0 aliphatic rings. The van der Waals surface area contributed by atoms with Crippen LogP contribution in [0.1, 0.15) is 12.5 Å². The molecular formula is C28H26F4N6O4S. The molecule has 2 amide bonds. The molecule has 0 bridgehead atoms. The number of carbonyl (C=O) groups excluding carboxylic acids is 1. The third kappa shape index (κ3) is 6.77. The molecule has 0 fully saturated rings. The molecule has 15 heteroatoms. The maximum Gasteiger partial charge on any atom is 0.416 e. The number of benzene rings is 3. The van der Waals surface area contributed by atoms with Crippen molar-refractivity contribution in [2.45, 2.75) is 18.0 Å². The lowest BCUT2D eigenvalue weighted by molar-refractivity contribution is -0.137. The zero-order valence-electron chi connectivity index (χ0n) is 23.1. The molecule has 10 nitrogen and oxygen atoms in total. The zero-order valence-corrected chi connectivity index (χ0v) is 23.9. The zero-order chi connectivity index (χ0) is 31.5. The second-order valence-electron chi connectivity index (χ2n) is 9.04. The van der Waals surface area contributed by atoms with Crippen LogP contribution in [-0.2, 0) is 16.0 Å². The molecule has 0 aliphatic heterocycles. The van der Waals surface area contributed by atoms with E-state index in [0.29, 0.717) is 46.0 Å². The molecule has 0 aliphatic carbocycles. The number of sulfone groups is 1. The SMILES string of the molecule is CCS(=O)(=O)c1ccc(OC)c(Nc2nccc(N(C)c3ccc(N(C(N)=O)c4cc(C(F)(F)F)ccc4F)cc3)n2)c1. The standard InChI is InChI=1S/C28H26F4N6O4S/c1-4-43(40,41)20-10-12-24(42-3)22(16-20)35-27-34-14-13-25(36-27)37(2)18-6-8-19(9-7-18)38(26(33)39)23-15-17(28(30,31)32)5-11-21(23)29/h5-16H,4H2,1-3H3,(H2,33,39)(H,34,35,36). The van der Waals surface area contributed by atoms with E-state index in [-0.39, 0.29) is 22.3 Å². The van der Waals surface area contributed by atoms with Crippen LogP contribution in [-0.4, -0.2) is 44.3 Å². The Kier molecular flexibility index (Phi) is 8.75. The fourth-order valence-corrected chi connectivity index (χ4v) is 4.97. The first-order valence-corrected chi connectivity index (χ1v) is 14.2. The number of urea groups is 1. The van der Waals surface area contributed by atoms with Crippen molar-refractivity contribution in [3.05, 3.63) is 84.3 Å². The van der Waals surface area contributed by atoms with Crippen LogP contribution >= 0.6 is 0 Å². The normalized spacial score (nSPS) is 11.6. The third-order valence-corrected chi connectivity index (χ3v) is 8.10. The number of anilines is 6. The Morgan fingerprint density at radius 3 is 2.30 bits per heavy atom. The highest BCUT2D eigenvalue weighted by Crippen LogP contribution is 2.36. The van der Waals surface area contributed by atoms with Gasteiger partial charge in [-0.15, -0.1) is 0 Å². The Morgan fingerprint density at radius 2 is 1.70 bits per heavy atom. The average molecular weight is 619 g/mol. The van der Waals surface area contributed by atoms with Crippen molar-refractivity contribution in [2.75, 3.05) is 35.0 Å². The molecule has 0 radical (unpaired) electrons. The van der Waals surface area contributed by atoms with Gasteiger partial charge < -0.3 is 20.7 Å². The van der Waals surface area contributed by atoms with Crippen molar-refractivity contribution in [3.8, 4) is 5.75 Å². The molecule has 0 saturated heterocycles. The number of alkyl halides is 3. The van der Waals surface area contributed by atoms with Gasteiger partial charge in [-0.1, -0.05) is 6.92 Å². The highest BCUT2D eigenvalue weighted by atomic mass is 32.2. The third-order valence-electron chi connectivity index (χ3n) is 6.37. The minimum atomic E-state index is -4.76. The summed E-state index contributed by atoms with van der Waals surface area (Å²) >= 11 is 0. The molecule has 3 aromatic carbocycles. The minimum Gasteiger partial charge on any atom is -0.495 e. The Morgan fingerprint density at radius 1 is 1.02 bits per heavy atom. The summed E-state index contributed by atoms with van der Waals surface area (Å²) in [4.78, 5) is 23.2. The van der Waals surface area contributed by atoms with Gasteiger partial charge in [-0.05, 0) is 66.7 Å². The van der Waals surface area contributed by atoms with Gasteiger partial charge >= 0.3 is 12.2 Å². The van der Waals surface area contributed by atoms with Gasteiger partial charge in [0.1, 0.15) is 17.4 Å². The van der Waals surface area contributed by atoms with E-state index in [2.05, 4.69) is 15.3 Å². The molecule has 1 heterocycles. The largest absolute Gasteiger partial charge is 0.495 e. The van der Waals surface area contributed by atoms with E-state index in [1.165, 1.54) is 62.7 Å². The number of halogens is 4. The van der Waals surface area contributed by atoms with Crippen LogP contribution in [0.4, 0.5) is 56.9 Å². The predicted octanol–water partition coefficient (Wildman–Crippen LogP) is 6.17. The molecular weight excluding hydrogens is 592 g/mol. The first kappa shape index (κ1) is 31.0. The van der Waals surface area contributed by atoms with Crippen LogP contribution in [0.25, 0.3) is 0 Å². The number of hydrogen-bond donors (Lipinski definition) is 2. The lowest BCUT2D eigenvalue weighted by Gasteiger charge is -2.24. The Labute approximate surface area is 244 Å². The number of hydrogen-bond acceptors (Lipinski definition) is 8. The summed E-state index contributed by atoms with van der Waals surface area (Å²) < 4.78 is 84.3. The minimum absolute atomic E-state index is 0.0296. The van der Waals surface area contributed by atoms with E-state index in [1.54, 1.807) is 18.0 Å². The number of nitrogens with one attached hydrogen (secondary N) is 1. The van der Waals surface area contributed by atoms with E-state index in [4.69, 9.17) is 10.5 Å². The number of primary amides is 1. The van der Waals surface area contributed by atoms with E-state index in [1.807, 2.05) is 0 Å². The summed E-state index contributed by atoms with van der Waals surface area (Å²) in [5, 5.41) is 2.97. The maximum absolute atomic E-state index is 14.5. The van der Waals surface area contributed by atoms with Crippen LogP contribution in [0.3, 0.4) is 0 Å². The summed E-state index contributed by atoms with van der Waals surface area (Å²) in [6.45, 7) is 1.54. The number of nitrogens with zero attached hydrogens (tertiary/aromatic N) is 4. The molecule has 4 rings (SSSR count). The second-order valence-corrected chi connectivity index (χ2v) is 11.3.